The molecule has 0 bridgehead atoms. The normalized spacial score (nSPS) is 21.0. The topological polar surface area (TPSA) is 48.2 Å². The Labute approximate surface area is 127 Å². The quantitative estimate of drug-likeness (QED) is 0.860. The fourth-order valence-corrected chi connectivity index (χ4v) is 2.99. The van der Waals surface area contributed by atoms with Crippen LogP contribution in [0.5, 0.6) is 0 Å². The van der Waals surface area contributed by atoms with Crippen LogP contribution < -0.4 is 5.32 Å². The molecule has 0 spiro atoms. The molecular weight excluding hydrogens is 289 g/mol. The molecule has 0 amide bonds. The van der Waals surface area contributed by atoms with Crippen LogP contribution in [0.1, 0.15) is 24.8 Å². The zero-order valence-electron chi connectivity index (χ0n) is 11.5. The largest absolute Gasteiger partial charge is 0.361 e. The summed E-state index contributed by atoms with van der Waals surface area (Å²) >= 11 is 5.90. The SMILES string of the molecule is CC1=C(C#N)C(c2ccc(F)c(Cl)c2)C2=C(CCN=C2)N1. The van der Waals surface area contributed by atoms with E-state index in [1.165, 1.54) is 6.07 Å². The molecule has 0 fully saturated rings. The van der Waals surface area contributed by atoms with E-state index in [1.54, 1.807) is 18.3 Å². The summed E-state index contributed by atoms with van der Waals surface area (Å²) in [5.41, 5.74) is 4.29. The van der Waals surface area contributed by atoms with Gasteiger partial charge in [0.1, 0.15) is 5.82 Å². The lowest BCUT2D eigenvalue weighted by Gasteiger charge is -2.30. The molecule has 0 aliphatic carbocycles. The average molecular weight is 302 g/mol. The summed E-state index contributed by atoms with van der Waals surface area (Å²) < 4.78 is 13.4. The molecule has 0 saturated heterocycles. The van der Waals surface area contributed by atoms with Crippen molar-refractivity contribution in [2.45, 2.75) is 19.3 Å². The van der Waals surface area contributed by atoms with Crippen LogP contribution in [0, 0.1) is 17.1 Å². The van der Waals surface area contributed by atoms with Gasteiger partial charge in [0.25, 0.3) is 0 Å². The monoisotopic (exact) mass is 301 g/mol. The Bertz CT molecular complexity index is 740. The minimum absolute atomic E-state index is 0.0656. The molecule has 2 aliphatic rings. The zero-order chi connectivity index (χ0) is 15.0. The number of rotatable bonds is 1. The number of nitrogens with zero attached hydrogens (tertiary/aromatic N) is 2. The molecule has 1 atom stereocenters. The summed E-state index contributed by atoms with van der Waals surface area (Å²) in [6.07, 6.45) is 2.62. The summed E-state index contributed by atoms with van der Waals surface area (Å²) in [7, 11) is 0. The number of dihydropyridines is 2. The third-order valence-electron chi connectivity index (χ3n) is 3.81. The number of nitriles is 1. The lowest BCUT2D eigenvalue weighted by molar-refractivity contribution is 0.627. The second-order valence-electron chi connectivity index (χ2n) is 5.10. The summed E-state index contributed by atoms with van der Waals surface area (Å²) in [6.45, 7) is 2.62. The van der Waals surface area contributed by atoms with Crippen molar-refractivity contribution < 1.29 is 4.39 Å². The minimum atomic E-state index is -0.458. The standard InChI is InChI=1S/C16H13ClFN3/c1-9-11(7-19)16(10-2-3-14(18)13(17)6-10)12-8-20-5-4-15(12)21-9/h2-3,6,8,16,21H,4-5H2,1H3. The van der Waals surface area contributed by atoms with Crippen LogP contribution in [-0.4, -0.2) is 12.8 Å². The van der Waals surface area contributed by atoms with Gasteiger partial charge in [0, 0.05) is 42.1 Å². The molecule has 1 N–H and O–H groups in total. The molecule has 0 saturated carbocycles. The van der Waals surface area contributed by atoms with Crippen molar-refractivity contribution >= 4 is 17.8 Å². The van der Waals surface area contributed by atoms with Crippen LogP contribution in [0.3, 0.4) is 0 Å². The van der Waals surface area contributed by atoms with Crippen molar-refractivity contribution in [1.82, 2.24) is 5.32 Å². The Kier molecular flexibility index (Phi) is 3.52. The molecular formula is C16H13ClFN3. The van der Waals surface area contributed by atoms with Crippen LogP contribution in [0.15, 0.2) is 45.7 Å². The maximum atomic E-state index is 13.4. The van der Waals surface area contributed by atoms with E-state index in [-0.39, 0.29) is 10.9 Å². The number of aliphatic imine (C=N–C) groups is 1. The van der Waals surface area contributed by atoms with Crippen LogP contribution in [-0.2, 0) is 0 Å². The lowest BCUT2D eigenvalue weighted by Crippen LogP contribution is -2.28. The number of hydrogen-bond acceptors (Lipinski definition) is 3. The Morgan fingerprint density at radius 1 is 1.48 bits per heavy atom. The van der Waals surface area contributed by atoms with Crippen LogP contribution in [0.25, 0.3) is 0 Å². The highest BCUT2D eigenvalue weighted by molar-refractivity contribution is 6.30. The average Bonchev–Trinajstić information content (AvgIpc) is 2.48. The molecule has 0 aromatic heterocycles. The summed E-state index contributed by atoms with van der Waals surface area (Å²) in [5.74, 6) is -0.700. The summed E-state index contributed by atoms with van der Waals surface area (Å²) in [4.78, 5) is 4.31. The van der Waals surface area contributed by atoms with Crippen molar-refractivity contribution in [3.8, 4) is 6.07 Å². The summed E-state index contributed by atoms with van der Waals surface area (Å²) in [6, 6.07) is 6.85. The fraction of sp³-hybridized carbons (Fsp3) is 0.250. The van der Waals surface area contributed by atoms with E-state index in [9.17, 15) is 9.65 Å². The van der Waals surface area contributed by atoms with Gasteiger partial charge in [0.05, 0.1) is 16.7 Å². The molecule has 1 unspecified atom stereocenters. The first kappa shape index (κ1) is 13.8. The Morgan fingerprint density at radius 3 is 3.00 bits per heavy atom. The number of nitrogens with one attached hydrogen (secondary N) is 1. The second kappa shape index (κ2) is 5.34. The Hall–Kier alpha value is -2.12. The van der Waals surface area contributed by atoms with Crippen molar-refractivity contribution in [2.24, 2.45) is 4.99 Å². The third kappa shape index (κ3) is 2.34. The molecule has 1 aromatic rings. The summed E-state index contributed by atoms with van der Waals surface area (Å²) in [5, 5.41) is 12.8. The minimum Gasteiger partial charge on any atom is -0.361 e. The maximum absolute atomic E-state index is 13.4. The van der Waals surface area contributed by atoms with E-state index in [0.717, 1.165) is 35.5 Å². The lowest BCUT2D eigenvalue weighted by atomic mass is 9.80. The van der Waals surface area contributed by atoms with Crippen LogP contribution >= 0.6 is 11.6 Å². The van der Waals surface area contributed by atoms with E-state index in [4.69, 9.17) is 11.6 Å². The van der Waals surface area contributed by atoms with Gasteiger partial charge in [0.2, 0.25) is 0 Å². The van der Waals surface area contributed by atoms with Gasteiger partial charge in [-0.25, -0.2) is 4.39 Å². The third-order valence-corrected chi connectivity index (χ3v) is 4.10. The highest BCUT2D eigenvalue weighted by Gasteiger charge is 2.30. The number of benzene rings is 1. The van der Waals surface area contributed by atoms with Crippen molar-refractivity contribution in [1.29, 1.82) is 5.26 Å². The van der Waals surface area contributed by atoms with E-state index in [0.29, 0.717) is 5.57 Å². The molecule has 2 heterocycles. The molecule has 0 radical (unpaired) electrons. The fourth-order valence-electron chi connectivity index (χ4n) is 2.80. The van der Waals surface area contributed by atoms with Gasteiger partial charge < -0.3 is 5.32 Å². The number of allylic oxidation sites excluding steroid dienone is 3. The maximum Gasteiger partial charge on any atom is 0.141 e. The Balaban J connectivity index is 2.17. The molecule has 106 valence electrons. The number of hydrogen-bond donors (Lipinski definition) is 1. The predicted octanol–water partition coefficient (Wildman–Crippen LogP) is 3.69. The van der Waals surface area contributed by atoms with Gasteiger partial charge >= 0.3 is 0 Å². The molecule has 5 heteroatoms. The number of halogens is 2. The highest BCUT2D eigenvalue weighted by Crippen LogP contribution is 2.39. The highest BCUT2D eigenvalue weighted by atomic mass is 35.5. The first-order valence-corrected chi connectivity index (χ1v) is 7.05. The zero-order valence-corrected chi connectivity index (χ0v) is 12.2. The predicted molar refractivity (Wildman–Crippen MR) is 80.6 cm³/mol. The van der Waals surface area contributed by atoms with Gasteiger partial charge in [-0.05, 0) is 24.6 Å². The van der Waals surface area contributed by atoms with Crippen molar-refractivity contribution in [2.75, 3.05) is 6.54 Å². The van der Waals surface area contributed by atoms with Gasteiger partial charge in [-0.2, -0.15) is 5.26 Å². The van der Waals surface area contributed by atoms with Gasteiger partial charge in [0.15, 0.2) is 0 Å². The Morgan fingerprint density at radius 2 is 2.29 bits per heavy atom. The molecule has 3 rings (SSSR count). The van der Waals surface area contributed by atoms with E-state index in [2.05, 4.69) is 16.4 Å². The molecule has 1 aromatic carbocycles. The van der Waals surface area contributed by atoms with E-state index in [1.807, 2.05) is 6.92 Å². The molecule has 2 aliphatic heterocycles. The van der Waals surface area contributed by atoms with Crippen LogP contribution in [0.2, 0.25) is 5.02 Å². The van der Waals surface area contributed by atoms with E-state index < -0.39 is 5.82 Å². The smallest absolute Gasteiger partial charge is 0.141 e. The van der Waals surface area contributed by atoms with Crippen molar-refractivity contribution in [3.05, 3.63) is 57.1 Å². The van der Waals surface area contributed by atoms with E-state index >= 15 is 0 Å². The van der Waals surface area contributed by atoms with Gasteiger partial charge in [-0.1, -0.05) is 17.7 Å². The van der Waals surface area contributed by atoms with Crippen molar-refractivity contribution in [3.63, 3.8) is 0 Å². The first-order valence-electron chi connectivity index (χ1n) is 6.67. The van der Waals surface area contributed by atoms with Gasteiger partial charge in [-0.3, -0.25) is 4.99 Å². The molecule has 3 nitrogen and oxygen atoms in total. The molecule has 21 heavy (non-hydrogen) atoms. The van der Waals surface area contributed by atoms with Gasteiger partial charge in [-0.15, -0.1) is 0 Å². The second-order valence-corrected chi connectivity index (χ2v) is 5.51. The van der Waals surface area contributed by atoms with Crippen LogP contribution in [0.4, 0.5) is 4.39 Å². The first-order chi connectivity index (χ1) is 10.1.